The summed E-state index contributed by atoms with van der Waals surface area (Å²) in [5.41, 5.74) is 2.51. The van der Waals surface area contributed by atoms with Crippen LogP contribution < -0.4 is 5.32 Å². The summed E-state index contributed by atoms with van der Waals surface area (Å²) < 4.78 is 35.1. The van der Waals surface area contributed by atoms with E-state index in [-0.39, 0.29) is 36.1 Å². The van der Waals surface area contributed by atoms with Crippen molar-refractivity contribution in [3.8, 4) is 0 Å². The van der Waals surface area contributed by atoms with Crippen LogP contribution in [0.3, 0.4) is 0 Å². The number of esters is 1. The molecule has 5 aromatic carbocycles. The first kappa shape index (κ1) is 35.4. The first-order valence-corrected chi connectivity index (χ1v) is 19.1. The van der Waals surface area contributed by atoms with Gasteiger partial charge in [0.2, 0.25) is 15.9 Å². The van der Waals surface area contributed by atoms with Gasteiger partial charge in [0.15, 0.2) is 0 Å². The molecule has 1 aliphatic rings. The average Bonchev–Trinajstić information content (AvgIpc) is 3.55. The standard InChI is InChI=1S/C41H42N2O5S2/c1-40(2,3)48-38(44)25-26-42-39(45)37-28-35(29-43(37)50(46,47)36-24-23-30-15-13-14-16-31(30)27-36)49-41(32-17-7-4-8-18-32,33-19-9-5-10-20-33)34-21-11-6-12-22-34/h4-24,27,35,37H,25-26,28-29H2,1-3H3,(H,42,45)/t35-,37+/m1/s1. The number of rotatable bonds is 11. The summed E-state index contributed by atoms with van der Waals surface area (Å²) in [5.74, 6) is -0.873. The summed E-state index contributed by atoms with van der Waals surface area (Å²) >= 11 is 1.67. The van der Waals surface area contributed by atoms with Gasteiger partial charge in [0.25, 0.3) is 0 Å². The number of benzene rings is 5. The molecule has 7 nitrogen and oxygen atoms in total. The highest BCUT2D eigenvalue weighted by Gasteiger charge is 2.48. The Morgan fingerprint density at radius 1 is 0.760 bits per heavy atom. The van der Waals surface area contributed by atoms with Gasteiger partial charge >= 0.3 is 5.97 Å². The van der Waals surface area contributed by atoms with E-state index in [2.05, 4.69) is 41.7 Å². The van der Waals surface area contributed by atoms with Gasteiger partial charge in [0.05, 0.1) is 16.1 Å². The van der Waals surface area contributed by atoms with Crippen molar-refractivity contribution in [3.63, 3.8) is 0 Å². The van der Waals surface area contributed by atoms with E-state index >= 15 is 0 Å². The third kappa shape index (κ3) is 7.65. The molecule has 0 spiro atoms. The predicted molar refractivity (Wildman–Crippen MR) is 200 cm³/mol. The molecule has 0 aromatic heterocycles. The molecular formula is C41H42N2O5S2. The van der Waals surface area contributed by atoms with E-state index in [0.29, 0.717) is 0 Å². The zero-order valence-electron chi connectivity index (χ0n) is 28.5. The summed E-state index contributed by atoms with van der Waals surface area (Å²) in [6.45, 7) is 5.52. The third-order valence-corrected chi connectivity index (χ3v) is 12.4. The smallest absolute Gasteiger partial charge is 0.308 e. The third-order valence-electron chi connectivity index (χ3n) is 8.78. The molecule has 2 atom stereocenters. The van der Waals surface area contributed by atoms with E-state index in [1.807, 2.05) is 78.9 Å². The van der Waals surface area contributed by atoms with Gasteiger partial charge in [-0.05, 0) is 66.8 Å². The largest absolute Gasteiger partial charge is 0.460 e. The van der Waals surface area contributed by atoms with E-state index in [1.54, 1.807) is 50.7 Å². The van der Waals surface area contributed by atoms with Gasteiger partial charge in [-0.2, -0.15) is 4.31 Å². The summed E-state index contributed by atoms with van der Waals surface area (Å²) in [6.07, 6.45) is 0.258. The molecule has 0 radical (unpaired) electrons. The lowest BCUT2D eigenvalue weighted by Crippen LogP contribution is -2.46. The normalized spacial score (nSPS) is 17.0. The molecule has 9 heteroatoms. The zero-order valence-corrected chi connectivity index (χ0v) is 30.1. The number of carbonyl (C=O) groups is 2. The van der Waals surface area contributed by atoms with Gasteiger partial charge in [0, 0.05) is 18.3 Å². The summed E-state index contributed by atoms with van der Waals surface area (Å²) in [6, 6.07) is 42.4. The lowest BCUT2D eigenvalue weighted by atomic mass is 9.84. The second-order valence-corrected chi connectivity index (χ2v) is 16.9. The van der Waals surface area contributed by atoms with E-state index in [9.17, 15) is 18.0 Å². The Balaban J connectivity index is 1.38. The zero-order chi connectivity index (χ0) is 35.4. The first-order chi connectivity index (χ1) is 24.0. The number of fused-ring (bicyclic) bond motifs is 1. The molecule has 50 heavy (non-hydrogen) atoms. The van der Waals surface area contributed by atoms with Crippen molar-refractivity contribution in [2.24, 2.45) is 0 Å². The summed E-state index contributed by atoms with van der Waals surface area (Å²) in [5, 5.41) is 4.30. The highest BCUT2D eigenvalue weighted by atomic mass is 32.2. The van der Waals surface area contributed by atoms with Crippen molar-refractivity contribution < 1.29 is 22.7 Å². The fourth-order valence-corrected chi connectivity index (χ4v) is 10.2. The van der Waals surface area contributed by atoms with E-state index in [1.165, 1.54) is 4.31 Å². The molecule has 1 saturated heterocycles. The van der Waals surface area contributed by atoms with Crippen molar-refractivity contribution in [1.29, 1.82) is 0 Å². The second kappa shape index (κ2) is 14.8. The van der Waals surface area contributed by atoms with Crippen molar-refractivity contribution in [2.75, 3.05) is 13.1 Å². The second-order valence-electron chi connectivity index (χ2n) is 13.5. The fraction of sp³-hybridized carbons (Fsp3) is 0.268. The number of carbonyl (C=O) groups excluding carboxylic acids is 2. The van der Waals surface area contributed by atoms with Crippen LogP contribution >= 0.6 is 11.8 Å². The van der Waals surface area contributed by atoms with E-state index in [4.69, 9.17) is 4.74 Å². The highest BCUT2D eigenvalue weighted by Crippen LogP contribution is 2.52. The van der Waals surface area contributed by atoms with Crippen molar-refractivity contribution >= 4 is 44.4 Å². The molecule has 0 bridgehead atoms. The van der Waals surface area contributed by atoms with E-state index < -0.39 is 38.3 Å². The number of ether oxygens (including phenoxy) is 1. The van der Waals surface area contributed by atoms with Crippen molar-refractivity contribution in [1.82, 2.24) is 9.62 Å². The molecule has 0 unspecified atom stereocenters. The number of nitrogens with one attached hydrogen (secondary N) is 1. The van der Waals surface area contributed by atoms with Crippen LogP contribution in [0.4, 0.5) is 0 Å². The Kier molecular flexibility index (Phi) is 10.5. The van der Waals surface area contributed by atoms with Crippen molar-refractivity contribution in [3.05, 3.63) is 150 Å². The Morgan fingerprint density at radius 2 is 1.28 bits per heavy atom. The quantitative estimate of drug-likeness (QED) is 0.113. The van der Waals surface area contributed by atoms with Gasteiger partial charge in [-0.25, -0.2) is 8.42 Å². The number of hydrogen-bond acceptors (Lipinski definition) is 6. The summed E-state index contributed by atoms with van der Waals surface area (Å²) in [4.78, 5) is 26.5. The van der Waals surface area contributed by atoms with E-state index in [0.717, 1.165) is 27.5 Å². The van der Waals surface area contributed by atoms with Crippen LogP contribution in [0.1, 0.15) is 50.3 Å². The van der Waals surface area contributed by atoms with Crippen LogP contribution in [0.25, 0.3) is 10.8 Å². The number of nitrogens with zero attached hydrogens (tertiary/aromatic N) is 1. The number of sulfonamides is 1. The monoisotopic (exact) mass is 706 g/mol. The van der Waals surface area contributed by atoms with Gasteiger partial charge in [-0.3, -0.25) is 9.59 Å². The molecule has 258 valence electrons. The average molecular weight is 707 g/mol. The molecule has 6 rings (SSSR count). The number of thioether (sulfide) groups is 1. The first-order valence-electron chi connectivity index (χ1n) is 16.8. The fourth-order valence-electron chi connectivity index (χ4n) is 6.59. The Hall–Kier alpha value is -4.44. The minimum atomic E-state index is -4.10. The maximum atomic E-state index is 14.5. The summed E-state index contributed by atoms with van der Waals surface area (Å²) in [7, 11) is -4.10. The molecule has 5 aromatic rings. The van der Waals surface area contributed by atoms with Crippen LogP contribution in [0.5, 0.6) is 0 Å². The van der Waals surface area contributed by atoms with Crippen LogP contribution in [0.15, 0.2) is 138 Å². The molecule has 1 N–H and O–H groups in total. The molecular weight excluding hydrogens is 665 g/mol. The maximum absolute atomic E-state index is 14.5. The molecule has 0 saturated carbocycles. The molecule has 1 heterocycles. The Morgan fingerprint density at radius 3 is 1.82 bits per heavy atom. The minimum absolute atomic E-state index is 0.0233. The minimum Gasteiger partial charge on any atom is -0.460 e. The molecule has 0 aliphatic carbocycles. The topological polar surface area (TPSA) is 92.8 Å². The lowest BCUT2D eigenvalue weighted by molar-refractivity contribution is -0.154. The molecule has 1 amide bonds. The van der Waals surface area contributed by atoms with Gasteiger partial charge in [0.1, 0.15) is 11.6 Å². The predicted octanol–water partition coefficient (Wildman–Crippen LogP) is 7.54. The number of hydrogen-bond donors (Lipinski definition) is 1. The van der Waals surface area contributed by atoms with Gasteiger partial charge < -0.3 is 10.1 Å². The van der Waals surface area contributed by atoms with Crippen LogP contribution in [0, 0.1) is 0 Å². The van der Waals surface area contributed by atoms with Crippen LogP contribution in [-0.2, 0) is 29.1 Å². The molecule has 1 fully saturated rings. The Labute approximate surface area is 299 Å². The Bertz CT molecular complexity index is 1950. The van der Waals surface area contributed by atoms with Gasteiger partial charge in [-0.15, -0.1) is 11.8 Å². The van der Waals surface area contributed by atoms with Crippen molar-refractivity contribution in [2.45, 2.75) is 60.1 Å². The van der Waals surface area contributed by atoms with Crippen LogP contribution in [0.2, 0.25) is 0 Å². The van der Waals surface area contributed by atoms with Crippen LogP contribution in [-0.4, -0.2) is 54.6 Å². The lowest BCUT2D eigenvalue weighted by Gasteiger charge is -2.37. The SMILES string of the molecule is CC(C)(C)OC(=O)CCNC(=O)[C@@H]1C[C@@H](SC(c2ccccc2)(c2ccccc2)c2ccccc2)CN1S(=O)(=O)c1ccc2ccccc2c1. The highest BCUT2D eigenvalue weighted by molar-refractivity contribution is 8.01. The van der Waals surface area contributed by atoms with Gasteiger partial charge in [-0.1, -0.05) is 121 Å². The maximum Gasteiger partial charge on any atom is 0.308 e. The number of amides is 1. The molecule has 1 aliphatic heterocycles.